The van der Waals surface area contributed by atoms with Crippen LogP contribution in [0.4, 0.5) is 8.78 Å². The number of hydrogen-bond acceptors (Lipinski definition) is 2. The molecule has 0 spiro atoms. The predicted octanol–water partition coefficient (Wildman–Crippen LogP) is 4.02. The van der Waals surface area contributed by atoms with Crippen molar-refractivity contribution in [2.24, 2.45) is 11.8 Å². The highest BCUT2D eigenvalue weighted by Gasteiger charge is 2.28. The van der Waals surface area contributed by atoms with Crippen LogP contribution < -0.4 is 10.1 Å². The lowest BCUT2D eigenvalue weighted by Crippen LogP contribution is -2.30. The first-order valence-electron chi connectivity index (χ1n) is 7.00. The molecule has 0 radical (unpaired) electrons. The molecule has 2 rings (SSSR count). The van der Waals surface area contributed by atoms with E-state index < -0.39 is 11.6 Å². The van der Waals surface area contributed by atoms with E-state index in [9.17, 15) is 8.78 Å². The van der Waals surface area contributed by atoms with Crippen LogP contribution in [-0.2, 0) is 0 Å². The zero-order valence-corrected chi connectivity index (χ0v) is 12.5. The number of halogens is 3. The Hall–Kier alpha value is -0.870. The molecule has 1 N–H and O–H groups in total. The normalized spacial score (nSPS) is 20.4. The SMILES string of the molecule is CC(C)C[C@H](Oc1ccc(Cl)c(F)c1F)C1CCNC1. The minimum Gasteiger partial charge on any atom is -0.487 e. The Labute approximate surface area is 123 Å². The van der Waals surface area contributed by atoms with Crippen LogP contribution in [-0.4, -0.2) is 19.2 Å². The highest BCUT2D eigenvalue weighted by molar-refractivity contribution is 6.30. The topological polar surface area (TPSA) is 21.3 Å². The van der Waals surface area contributed by atoms with Crippen molar-refractivity contribution < 1.29 is 13.5 Å². The van der Waals surface area contributed by atoms with Crippen LogP contribution in [0, 0.1) is 23.5 Å². The van der Waals surface area contributed by atoms with Gasteiger partial charge >= 0.3 is 0 Å². The largest absolute Gasteiger partial charge is 0.487 e. The van der Waals surface area contributed by atoms with E-state index in [1.807, 2.05) is 0 Å². The van der Waals surface area contributed by atoms with E-state index in [0.717, 1.165) is 25.9 Å². The van der Waals surface area contributed by atoms with Gasteiger partial charge in [0.1, 0.15) is 6.10 Å². The van der Waals surface area contributed by atoms with Gasteiger partial charge < -0.3 is 10.1 Å². The van der Waals surface area contributed by atoms with Gasteiger partial charge in [0.15, 0.2) is 11.6 Å². The molecular weight excluding hydrogens is 284 g/mol. The van der Waals surface area contributed by atoms with E-state index >= 15 is 0 Å². The molecular formula is C15H20ClF2NO. The summed E-state index contributed by atoms with van der Waals surface area (Å²) in [5.41, 5.74) is 0. The fourth-order valence-corrected chi connectivity index (χ4v) is 2.70. The van der Waals surface area contributed by atoms with Gasteiger partial charge in [-0.1, -0.05) is 25.4 Å². The third-order valence-electron chi connectivity index (χ3n) is 3.61. The van der Waals surface area contributed by atoms with E-state index in [1.165, 1.54) is 12.1 Å². The fourth-order valence-electron chi connectivity index (χ4n) is 2.56. The van der Waals surface area contributed by atoms with Crippen molar-refractivity contribution >= 4 is 11.6 Å². The van der Waals surface area contributed by atoms with Gasteiger partial charge in [-0.2, -0.15) is 4.39 Å². The molecule has 1 saturated heterocycles. The molecule has 1 fully saturated rings. The lowest BCUT2D eigenvalue weighted by molar-refractivity contribution is 0.113. The van der Waals surface area contributed by atoms with Crippen molar-refractivity contribution in [3.63, 3.8) is 0 Å². The molecule has 2 nitrogen and oxygen atoms in total. The molecule has 1 unspecified atom stereocenters. The van der Waals surface area contributed by atoms with Gasteiger partial charge in [-0.05, 0) is 37.4 Å². The number of benzene rings is 1. The Morgan fingerprint density at radius 3 is 2.70 bits per heavy atom. The molecule has 0 aromatic heterocycles. The summed E-state index contributed by atoms with van der Waals surface area (Å²) in [5.74, 6) is -1.34. The summed E-state index contributed by atoms with van der Waals surface area (Å²) in [5, 5.41) is 3.05. The number of hydrogen-bond donors (Lipinski definition) is 1. The lowest BCUT2D eigenvalue weighted by Gasteiger charge is -2.26. The molecule has 1 aliphatic rings. The van der Waals surface area contributed by atoms with Crippen molar-refractivity contribution in [2.45, 2.75) is 32.8 Å². The maximum absolute atomic E-state index is 13.8. The van der Waals surface area contributed by atoms with Crippen LogP contribution in [0.2, 0.25) is 5.02 Å². The highest BCUT2D eigenvalue weighted by atomic mass is 35.5. The van der Waals surface area contributed by atoms with Gasteiger partial charge in [-0.15, -0.1) is 0 Å². The molecule has 1 heterocycles. The molecule has 0 saturated carbocycles. The Kier molecular flexibility index (Phi) is 5.22. The Morgan fingerprint density at radius 1 is 1.35 bits per heavy atom. The summed E-state index contributed by atoms with van der Waals surface area (Å²) < 4.78 is 33.1. The maximum Gasteiger partial charge on any atom is 0.202 e. The van der Waals surface area contributed by atoms with E-state index in [1.54, 1.807) is 0 Å². The number of nitrogens with one attached hydrogen (secondary N) is 1. The van der Waals surface area contributed by atoms with Crippen molar-refractivity contribution in [3.05, 3.63) is 28.8 Å². The Bertz CT molecular complexity index is 461. The van der Waals surface area contributed by atoms with Crippen molar-refractivity contribution in [2.75, 3.05) is 13.1 Å². The first kappa shape index (κ1) is 15.5. The molecule has 0 amide bonds. The molecule has 1 aromatic rings. The minimum absolute atomic E-state index is 0.0514. The van der Waals surface area contributed by atoms with E-state index in [2.05, 4.69) is 19.2 Å². The Balaban J connectivity index is 2.16. The molecule has 2 atom stereocenters. The molecule has 0 bridgehead atoms. The van der Waals surface area contributed by atoms with Gasteiger partial charge in [0.2, 0.25) is 5.82 Å². The predicted molar refractivity (Wildman–Crippen MR) is 76.2 cm³/mol. The van der Waals surface area contributed by atoms with Crippen molar-refractivity contribution in [1.82, 2.24) is 5.32 Å². The van der Waals surface area contributed by atoms with Crippen molar-refractivity contribution in [1.29, 1.82) is 0 Å². The summed E-state index contributed by atoms with van der Waals surface area (Å²) in [4.78, 5) is 0. The zero-order chi connectivity index (χ0) is 14.7. The molecule has 1 aliphatic heterocycles. The summed E-state index contributed by atoms with van der Waals surface area (Å²) in [6.45, 7) is 5.99. The molecule has 20 heavy (non-hydrogen) atoms. The quantitative estimate of drug-likeness (QED) is 0.830. The van der Waals surface area contributed by atoms with Crippen LogP contribution in [0.15, 0.2) is 12.1 Å². The van der Waals surface area contributed by atoms with Crippen LogP contribution >= 0.6 is 11.6 Å². The van der Waals surface area contributed by atoms with E-state index in [-0.39, 0.29) is 16.9 Å². The monoisotopic (exact) mass is 303 g/mol. The average Bonchev–Trinajstić information content (AvgIpc) is 2.92. The molecule has 112 valence electrons. The van der Waals surface area contributed by atoms with E-state index in [0.29, 0.717) is 11.8 Å². The minimum atomic E-state index is -1.04. The average molecular weight is 304 g/mol. The van der Waals surface area contributed by atoms with Crippen LogP contribution in [0.5, 0.6) is 5.75 Å². The van der Waals surface area contributed by atoms with Gasteiger partial charge in [0.25, 0.3) is 0 Å². The first-order valence-corrected chi connectivity index (χ1v) is 7.37. The third kappa shape index (κ3) is 3.61. The van der Waals surface area contributed by atoms with Gasteiger partial charge in [-0.3, -0.25) is 0 Å². The van der Waals surface area contributed by atoms with Crippen molar-refractivity contribution in [3.8, 4) is 5.75 Å². The van der Waals surface area contributed by atoms with Crippen LogP contribution in [0.1, 0.15) is 26.7 Å². The van der Waals surface area contributed by atoms with Gasteiger partial charge in [0.05, 0.1) is 5.02 Å². The first-order chi connectivity index (χ1) is 9.49. The highest BCUT2D eigenvalue weighted by Crippen LogP contribution is 2.30. The zero-order valence-electron chi connectivity index (χ0n) is 11.8. The second-order valence-corrected chi connectivity index (χ2v) is 6.12. The number of ether oxygens (including phenoxy) is 1. The maximum atomic E-state index is 13.8. The second-order valence-electron chi connectivity index (χ2n) is 5.71. The lowest BCUT2D eigenvalue weighted by atomic mass is 9.93. The van der Waals surface area contributed by atoms with E-state index in [4.69, 9.17) is 16.3 Å². The summed E-state index contributed by atoms with van der Waals surface area (Å²) >= 11 is 5.55. The van der Waals surface area contributed by atoms with Crippen LogP contribution in [0.3, 0.4) is 0 Å². The smallest absolute Gasteiger partial charge is 0.202 e. The Morgan fingerprint density at radius 2 is 2.10 bits per heavy atom. The molecule has 5 heteroatoms. The molecule has 1 aromatic carbocycles. The standard InChI is InChI=1S/C15H20ClF2NO/c1-9(2)7-13(10-5-6-19-8-10)20-12-4-3-11(16)14(17)15(12)18/h3-4,9-10,13,19H,5-8H2,1-2H3/t10?,13-/m0/s1. The second kappa shape index (κ2) is 6.72. The summed E-state index contributed by atoms with van der Waals surface area (Å²) in [6.07, 6.45) is 1.70. The van der Waals surface area contributed by atoms with Gasteiger partial charge in [-0.25, -0.2) is 4.39 Å². The van der Waals surface area contributed by atoms with Gasteiger partial charge in [0, 0.05) is 12.5 Å². The summed E-state index contributed by atoms with van der Waals surface area (Å²) in [7, 11) is 0. The number of rotatable bonds is 5. The van der Waals surface area contributed by atoms with Crippen LogP contribution in [0.25, 0.3) is 0 Å². The molecule has 0 aliphatic carbocycles. The fraction of sp³-hybridized carbons (Fsp3) is 0.600. The summed E-state index contributed by atoms with van der Waals surface area (Å²) in [6, 6.07) is 2.73. The third-order valence-corrected chi connectivity index (χ3v) is 3.90.